The molecule has 0 saturated heterocycles. The second-order valence-electron chi connectivity index (χ2n) is 7.80. The lowest BCUT2D eigenvalue weighted by atomic mass is 9.93. The third kappa shape index (κ3) is 3.80. The number of hydrogen-bond donors (Lipinski definition) is 3. The van der Waals surface area contributed by atoms with Crippen molar-refractivity contribution in [3.8, 4) is 0 Å². The molecule has 1 fully saturated rings. The third-order valence-electron chi connectivity index (χ3n) is 5.71. The van der Waals surface area contributed by atoms with Gasteiger partial charge in [-0.1, -0.05) is 24.8 Å². The van der Waals surface area contributed by atoms with Crippen molar-refractivity contribution in [3.63, 3.8) is 0 Å². The minimum Gasteiger partial charge on any atom is -0.355 e. The fraction of sp³-hybridized carbons (Fsp3) is 0.160. The van der Waals surface area contributed by atoms with Gasteiger partial charge in [-0.3, -0.25) is 14.9 Å². The summed E-state index contributed by atoms with van der Waals surface area (Å²) in [7, 11) is 0. The topological polar surface area (TPSA) is 82.7 Å². The molecule has 0 aliphatic heterocycles. The molecule has 3 N–H and O–H groups in total. The zero-order valence-corrected chi connectivity index (χ0v) is 17.1. The zero-order valence-electron chi connectivity index (χ0n) is 17.1. The molecule has 2 heterocycles. The maximum absolute atomic E-state index is 12.7. The van der Waals surface area contributed by atoms with E-state index in [1.54, 1.807) is 6.20 Å². The van der Waals surface area contributed by atoms with Crippen LogP contribution in [-0.2, 0) is 0 Å². The van der Waals surface area contributed by atoms with Crippen molar-refractivity contribution < 1.29 is 4.79 Å². The second kappa shape index (κ2) is 8.07. The lowest BCUT2D eigenvalue weighted by molar-refractivity contribution is 0.0918. The van der Waals surface area contributed by atoms with E-state index in [0.29, 0.717) is 11.6 Å². The van der Waals surface area contributed by atoms with Crippen LogP contribution in [-0.4, -0.2) is 27.1 Å². The summed E-state index contributed by atoms with van der Waals surface area (Å²) in [6.45, 7) is 4.17. The highest BCUT2D eigenvalue weighted by atomic mass is 16.1. The Morgan fingerprint density at radius 3 is 2.68 bits per heavy atom. The van der Waals surface area contributed by atoms with Gasteiger partial charge in [0.1, 0.15) is 5.69 Å². The number of carbonyl (C=O) groups excluding carboxylic acids is 1. The molecule has 6 nitrogen and oxygen atoms in total. The predicted octanol–water partition coefficient (Wildman–Crippen LogP) is 5.05. The molecule has 0 bridgehead atoms. The Kier molecular flexibility index (Phi) is 4.96. The van der Waals surface area contributed by atoms with Gasteiger partial charge in [0.2, 0.25) is 0 Å². The number of aromatic amines is 1. The number of nitrogens with zero attached hydrogens (tertiary/aromatic N) is 2. The zero-order chi connectivity index (χ0) is 21.2. The van der Waals surface area contributed by atoms with Gasteiger partial charge < -0.3 is 10.6 Å². The van der Waals surface area contributed by atoms with Crippen molar-refractivity contribution in [2.75, 3.05) is 5.32 Å². The van der Waals surface area contributed by atoms with Crippen LogP contribution >= 0.6 is 0 Å². The van der Waals surface area contributed by atoms with E-state index in [9.17, 15) is 4.79 Å². The molecular formula is C25H23N5O. The summed E-state index contributed by atoms with van der Waals surface area (Å²) in [5.74, 6) is -0.0376. The van der Waals surface area contributed by atoms with E-state index in [-0.39, 0.29) is 5.91 Å². The number of pyridine rings is 1. The molecule has 2 aromatic heterocycles. The number of aromatic nitrogens is 3. The highest BCUT2D eigenvalue weighted by Gasteiger charge is 2.21. The number of rotatable bonds is 6. The molecular weight excluding hydrogens is 386 g/mol. The molecule has 1 saturated carbocycles. The smallest absolute Gasteiger partial charge is 0.253 e. The summed E-state index contributed by atoms with van der Waals surface area (Å²) >= 11 is 0. The molecule has 2 aromatic carbocycles. The summed E-state index contributed by atoms with van der Waals surface area (Å²) in [6.07, 6.45) is 5.05. The first-order chi connectivity index (χ1) is 15.2. The van der Waals surface area contributed by atoms with Crippen LogP contribution in [0.15, 0.2) is 73.4 Å². The van der Waals surface area contributed by atoms with Gasteiger partial charge in [0.15, 0.2) is 0 Å². The van der Waals surface area contributed by atoms with E-state index in [0.717, 1.165) is 52.1 Å². The number of carbonyl (C=O) groups is 1. The molecule has 0 spiro atoms. The molecule has 0 unspecified atom stereocenters. The molecule has 1 aliphatic carbocycles. The molecule has 154 valence electrons. The van der Waals surface area contributed by atoms with Crippen LogP contribution < -0.4 is 10.6 Å². The van der Waals surface area contributed by atoms with Crippen molar-refractivity contribution in [2.45, 2.75) is 25.3 Å². The Balaban J connectivity index is 1.40. The van der Waals surface area contributed by atoms with Gasteiger partial charge in [0.05, 0.1) is 22.5 Å². The van der Waals surface area contributed by atoms with Crippen LogP contribution in [0.3, 0.4) is 0 Å². The van der Waals surface area contributed by atoms with E-state index in [1.165, 1.54) is 6.42 Å². The fourth-order valence-corrected chi connectivity index (χ4v) is 3.75. The van der Waals surface area contributed by atoms with Crippen molar-refractivity contribution in [1.82, 2.24) is 20.5 Å². The summed E-state index contributed by atoms with van der Waals surface area (Å²) < 4.78 is 0. The number of nitrogens with one attached hydrogen (secondary N) is 3. The standard InChI is InChI=1S/C25H23N5O/c1-16(21-10-4-5-14-26-21)24-19-13-12-18(15-23(19)29-30-24)27-22-11-3-2-9-20(22)25(31)28-17-7-6-8-17/h2-5,9-15,17,27H,1,6-8H2,(H,28,31)(H,29,30). The summed E-state index contributed by atoms with van der Waals surface area (Å²) in [6, 6.07) is 19.6. The number of para-hydroxylation sites is 1. The summed E-state index contributed by atoms with van der Waals surface area (Å²) in [5.41, 5.74) is 5.51. The molecule has 0 radical (unpaired) electrons. The predicted molar refractivity (Wildman–Crippen MR) is 123 cm³/mol. The van der Waals surface area contributed by atoms with E-state index in [4.69, 9.17) is 0 Å². The monoisotopic (exact) mass is 409 g/mol. The number of fused-ring (bicyclic) bond motifs is 1. The van der Waals surface area contributed by atoms with Gasteiger partial charge in [-0.15, -0.1) is 0 Å². The van der Waals surface area contributed by atoms with Gasteiger partial charge in [0.25, 0.3) is 5.91 Å². The van der Waals surface area contributed by atoms with E-state index in [1.807, 2.05) is 60.7 Å². The second-order valence-corrected chi connectivity index (χ2v) is 7.80. The van der Waals surface area contributed by atoms with Crippen LogP contribution in [0.2, 0.25) is 0 Å². The summed E-state index contributed by atoms with van der Waals surface area (Å²) in [4.78, 5) is 17.1. The fourth-order valence-electron chi connectivity index (χ4n) is 3.75. The molecule has 1 amide bonds. The van der Waals surface area contributed by atoms with Gasteiger partial charge in [0, 0.05) is 28.9 Å². The van der Waals surface area contributed by atoms with Crippen molar-refractivity contribution in [1.29, 1.82) is 0 Å². The minimum atomic E-state index is -0.0376. The van der Waals surface area contributed by atoms with Crippen molar-refractivity contribution in [2.24, 2.45) is 0 Å². The van der Waals surface area contributed by atoms with E-state index in [2.05, 4.69) is 32.4 Å². The molecule has 4 aromatic rings. The Labute approximate surface area is 180 Å². The lowest BCUT2D eigenvalue weighted by Gasteiger charge is -2.26. The number of benzene rings is 2. The van der Waals surface area contributed by atoms with Crippen molar-refractivity contribution >= 4 is 33.8 Å². The van der Waals surface area contributed by atoms with Crippen molar-refractivity contribution in [3.05, 3.63) is 90.4 Å². The Bertz CT molecular complexity index is 1260. The molecule has 5 rings (SSSR count). The molecule has 0 atom stereocenters. The van der Waals surface area contributed by atoms with Gasteiger partial charge in [-0.2, -0.15) is 5.10 Å². The van der Waals surface area contributed by atoms with Gasteiger partial charge in [-0.05, 0) is 61.7 Å². The first kappa shape index (κ1) is 19.1. The number of anilines is 2. The lowest BCUT2D eigenvalue weighted by Crippen LogP contribution is -2.39. The first-order valence-electron chi connectivity index (χ1n) is 10.4. The molecule has 6 heteroatoms. The number of H-pyrrole nitrogens is 1. The largest absolute Gasteiger partial charge is 0.355 e. The maximum atomic E-state index is 12.7. The van der Waals surface area contributed by atoms with Crippen LogP contribution in [0.4, 0.5) is 11.4 Å². The average molecular weight is 409 g/mol. The summed E-state index contributed by atoms with van der Waals surface area (Å²) in [5, 5.41) is 15.0. The first-order valence-corrected chi connectivity index (χ1v) is 10.4. The Hall–Kier alpha value is -3.93. The van der Waals surface area contributed by atoms with Gasteiger partial charge in [-0.25, -0.2) is 0 Å². The Morgan fingerprint density at radius 1 is 1.06 bits per heavy atom. The van der Waals surface area contributed by atoms with Gasteiger partial charge >= 0.3 is 0 Å². The highest BCUT2D eigenvalue weighted by Crippen LogP contribution is 2.29. The third-order valence-corrected chi connectivity index (χ3v) is 5.71. The maximum Gasteiger partial charge on any atom is 0.253 e. The molecule has 1 aliphatic rings. The minimum absolute atomic E-state index is 0.0376. The van der Waals surface area contributed by atoms with E-state index >= 15 is 0 Å². The number of amides is 1. The Morgan fingerprint density at radius 2 is 1.90 bits per heavy atom. The van der Waals surface area contributed by atoms with E-state index < -0.39 is 0 Å². The van der Waals surface area contributed by atoms with Crippen LogP contribution in [0, 0.1) is 0 Å². The average Bonchev–Trinajstić information content (AvgIpc) is 3.20. The van der Waals surface area contributed by atoms with Crippen LogP contribution in [0.25, 0.3) is 16.5 Å². The quantitative estimate of drug-likeness (QED) is 0.416. The van der Waals surface area contributed by atoms with Crippen LogP contribution in [0.1, 0.15) is 41.0 Å². The number of hydrogen-bond acceptors (Lipinski definition) is 4. The normalized spacial score (nSPS) is 13.5. The van der Waals surface area contributed by atoms with Crippen LogP contribution in [0.5, 0.6) is 0 Å². The highest BCUT2D eigenvalue weighted by molar-refractivity contribution is 6.01. The molecule has 31 heavy (non-hydrogen) atoms. The SMILES string of the molecule is C=C(c1ccccn1)c1n[nH]c2cc(Nc3ccccc3C(=O)NC3CCC3)ccc12.